The lowest BCUT2D eigenvalue weighted by molar-refractivity contribution is -0.142. The van der Waals surface area contributed by atoms with Gasteiger partial charge in [-0.2, -0.15) is 0 Å². The van der Waals surface area contributed by atoms with Crippen molar-refractivity contribution in [1.82, 2.24) is 0 Å². The lowest BCUT2D eigenvalue weighted by Crippen LogP contribution is -2.30. The standard InChI is InChI=1S/C16H23NO5/c1-15(2,3)22-14(20)17-10-7-8-12(21-6)11(9-10)16(4,5)13(18)19/h7-9H,1-6H3,(H,17,20)(H,18,19). The summed E-state index contributed by atoms with van der Waals surface area (Å²) in [6.07, 6.45) is -0.600. The summed E-state index contributed by atoms with van der Waals surface area (Å²) in [6, 6.07) is 4.83. The topological polar surface area (TPSA) is 84.9 Å². The third-order valence-corrected chi connectivity index (χ3v) is 3.05. The lowest BCUT2D eigenvalue weighted by atomic mass is 9.84. The number of hydrogen-bond donors (Lipinski definition) is 2. The molecule has 1 aromatic rings. The summed E-state index contributed by atoms with van der Waals surface area (Å²) in [6.45, 7) is 8.44. The van der Waals surface area contributed by atoms with E-state index in [9.17, 15) is 14.7 Å². The molecule has 2 N–H and O–H groups in total. The zero-order valence-electron chi connectivity index (χ0n) is 13.8. The van der Waals surface area contributed by atoms with Crippen LogP contribution in [-0.4, -0.2) is 29.9 Å². The molecule has 6 nitrogen and oxygen atoms in total. The third kappa shape index (κ3) is 4.38. The molecule has 0 heterocycles. The predicted molar refractivity (Wildman–Crippen MR) is 83.5 cm³/mol. The van der Waals surface area contributed by atoms with Crippen LogP contribution in [0.25, 0.3) is 0 Å². The molecule has 0 saturated heterocycles. The third-order valence-electron chi connectivity index (χ3n) is 3.05. The first-order chi connectivity index (χ1) is 9.97. The van der Waals surface area contributed by atoms with Crippen LogP contribution >= 0.6 is 0 Å². The number of amides is 1. The van der Waals surface area contributed by atoms with Gasteiger partial charge in [0.05, 0.1) is 12.5 Å². The van der Waals surface area contributed by atoms with E-state index in [-0.39, 0.29) is 0 Å². The van der Waals surface area contributed by atoms with Crippen molar-refractivity contribution in [1.29, 1.82) is 0 Å². The number of carboxylic acid groups (broad SMARTS) is 1. The Morgan fingerprint density at radius 3 is 2.18 bits per heavy atom. The molecule has 0 radical (unpaired) electrons. The molecule has 1 aromatic carbocycles. The van der Waals surface area contributed by atoms with E-state index in [2.05, 4.69) is 5.32 Å². The molecule has 0 fully saturated rings. The van der Waals surface area contributed by atoms with E-state index in [1.165, 1.54) is 7.11 Å². The van der Waals surface area contributed by atoms with E-state index in [4.69, 9.17) is 9.47 Å². The number of rotatable bonds is 4. The Morgan fingerprint density at radius 2 is 1.73 bits per heavy atom. The molecular weight excluding hydrogens is 286 g/mol. The van der Waals surface area contributed by atoms with Crippen LogP contribution in [0.1, 0.15) is 40.2 Å². The summed E-state index contributed by atoms with van der Waals surface area (Å²) in [7, 11) is 1.47. The molecule has 6 heteroatoms. The second-order valence-electron chi connectivity index (χ2n) is 6.47. The maximum absolute atomic E-state index is 11.8. The molecule has 122 valence electrons. The number of hydrogen-bond acceptors (Lipinski definition) is 4. The molecule has 1 amide bonds. The number of methoxy groups -OCH3 is 1. The second-order valence-corrected chi connectivity index (χ2v) is 6.47. The highest BCUT2D eigenvalue weighted by Crippen LogP contribution is 2.34. The van der Waals surface area contributed by atoms with Gasteiger partial charge >= 0.3 is 12.1 Å². The summed E-state index contributed by atoms with van der Waals surface area (Å²) >= 11 is 0. The fourth-order valence-corrected chi connectivity index (χ4v) is 1.81. The Balaban J connectivity index is 3.11. The largest absolute Gasteiger partial charge is 0.496 e. The highest BCUT2D eigenvalue weighted by molar-refractivity contribution is 5.87. The number of ether oxygens (including phenoxy) is 2. The van der Waals surface area contributed by atoms with Crippen molar-refractivity contribution in [3.05, 3.63) is 23.8 Å². The van der Waals surface area contributed by atoms with Gasteiger partial charge in [-0.1, -0.05) is 0 Å². The van der Waals surface area contributed by atoms with E-state index >= 15 is 0 Å². The van der Waals surface area contributed by atoms with Gasteiger partial charge in [0.25, 0.3) is 0 Å². The van der Waals surface area contributed by atoms with Gasteiger partial charge in [0, 0.05) is 11.3 Å². The highest BCUT2D eigenvalue weighted by atomic mass is 16.6. The normalized spacial score (nSPS) is 11.7. The van der Waals surface area contributed by atoms with Crippen LogP contribution < -0.4 is 10.1 Å². The van der Waals surface area contributed by atoms with E-state index in [1.54, 1.807) is 52.8 Å². The summed E-state index contributed by atoms with van der Waals surface area (Å²) in [5.41, 5.74) is -0.855. The fraction of sp³-hybridized carbons (Fsp3) is 0.500. The minimum Gasteiger partial charge on any atom is -0.496 e. The van der Waals surface area contributed by atoms with Crippen LogP contribution in [0.2, 0.25) is 0 Å². The number of nitrogens with one attached hydrogen (secondary N) is 1. The van der Waals surface area contributed by atoms with Crippen LogP contribution in [0.15, 0.2) is 18.2 Å². The van der Waals surface area contributed by atoms with Gasteiger partial charge in [0.2, 0.25) is 0 Å². The van der Waals surface area contributed by atoms with Crippen molar-refractivity contribution >= 4 is 17.7 Å². The van der Waals surface area contributed by atoms with E-state index in [1.807, 2.05) is 0 Å². The zero-order chi connectivity index (χ0) is 17.1. The summed E-state index contributed by atoms with van der Waals surface area (Å²) in [5.74, 6) is -0.539. The number of anilines is 1. The first kappa shape index (κ1) is 17.8. The van der Waals surface area contributed by atoms with Crippen molar-refractivity contribution in [2.24, 2.45) is 0 Å². The smallest absolute Gasteiger partial charge is 0.412 e. The predicted octanol–water partition coefficient (Wildman–Crippen LogP) is 3.40. The average Bonchev–Trinajstić information content (AvgIpc) is 2.36. The Kier molecular flexibility index (Phi) is 5.06. The number of carboxylic acids is 1. The van der Waals surface area contributed by atoms with Gasteiger partial charge in [-0.25, -0.2) is 4.79 Å². The van der Waals surface area contributed by atoms with Gasteiger partial charge in [0.15, 0.2) is 0 Å². The summed E-state index contributed by atoms with van der Waals surface area (Å²) < 4.78 is 10.4. The first-order valence-corrected chi connectivity index (χ1v) is 6.89. The molecule has 22 heavy (non-hydrogen) atoms. The first-order valence-electron chi connectivity index (χ1n) is 6.89. The molecule has 0 bridgehead atoms. The molecule has 0 aromatic heterocycles. The van der Waals surface area contributed by atoms with Gasteiger partial charge < -0.3 is 14.6 Å². The average molecular weight is 309 g/mol. The van der Waals surface area contributed by atoms with Gasteiger partial charge in [-0.05, 0) is 52.8 Å². The monoisotopic (exact) mass is 309 g/mol. The molecule has 0 saturated carbocycles. The minimum atomic E-state index is -1.16. The van der Waals surface area contributed by atoms with Crippen LogP contribution in [0.4, 0.5) is 10.5 Å². The fourth-order valence-electron chi connectivity index (χ4n) is 1.81. The number of aliphatic carboxylic acids is 1. The highest BCUT2D eigenvalue weighted by Gasteiger charge is 2.33. The van der Waals surface area contributed by atoms with Crippen molar-refractivity contribution in [2.45, 2.75) is 45.6 Å². The van der Waals surface area contributed by atoms with Crippen LogP contribution in [0.3, 0.4) is 0 Å². The maximum atomic E-state index is 11.8. The lowest BCUT2D eigenvalue weighted by Gasteiger charge is -2.24. The molecular formula is C16H23NO5. The van der Waals surface area contributed by atoms with Crippen molar-refractivity contribution < 1.29 is 24.2 Å². The SMILES string of the molecule is COc1ccc(NC(=O)OC(C)(C)C)cc1C(C)(C)C(=O)O. The van der Waals surface area contributed by atoms with Crippen LogP contribution in [0, 0.1) is 0 Å². The molecule has 0 aliphatic heterocycles. The van der Waals surface area contributed by atoms with E-state index < -0.39 is 23.1 Å². The van der Waals surface area contributed by atoms with Gasteiger partial charge in [0.1, 0.15) is 11.4 Å². The zero-order valence-corrected chi connectivity index (χ0v) is 13.8. The Bertz CT molecular complexity index is 572. The minimum absolute atomic E-state index is 0.444. The quantitative estimate of drug-likeness (QED) is 0.890. The molecule has 1 rings (SSSR count). The molecule has 0 aliphatic rings. The molecule has 0 spiro atoms. The Hall–Kier alpha value is -2.24. The van der Waals surface area contributed by atoms with Crippen molar-refractivity contribution in [2.75, 3.05) is 12.4 Å². The van der Waals surface area contributed by atoms with Gasteiger partial charge in [-0.15, -0.1) is 0 Å². The molecule has 0 unspecified atom stereocenters. The number of carbonyl (C=O) groups excluding carboxylic acids is 1. The summed E-state index contributed by atoms with van der Waals surface area (Å²) in [4.78, 5) is 23.2. The molecule has 0 atom stereocenters. The number of carbonyl (C=O) groups is 2. The Labute approximate surface area is 130 Å². The van der Waals surface area contributed by atoms with Gasteiger partial charge in [-0.3, -0.25) is 10.1 Å². The van der Waals surface area contributed by atoms with E-state index in [0.717, 1.165) is 0 Å². The van der Waals surface area contributed by atoms with Crippen LogP contribution in [-0.2, 0) is 14.9 Å². The Morgan fingerprint density at radius 1 is 1.14 bits per heavy atom. The van der Waals surface area contributed by atoms with Crippen LogP contribution in [0.5, 0.6) is 5.75 Å². The molecule has 0 aliphatic carbocycles. The maximum Gasteiger partial charge on any atom is 0.412 e. The van der Waals surface area contributed by atoms with Crippen molar-refractivity contribution in [3.8, 4) is 5.75 Å². The van der Waals surface area contributed by atoms with E-state index in [0.29, 0.717) is 17.0 Å². The summed E-state index contributed by atoms with van der Waals surface area (Å²) in [5, 5.41) is 12.0. The second kappa shape index (κ2) is 6.25. The number of benzene rings is 1. The van der Waals surface area contributed by atoms with Crippen molar-refractivity contribution in [3.63, 3.8) is 0 Å².